The molecule has 7 heteroatoms. The third-order valence-electron chi connectivity index (χ3n) is 4.85. The lowest BCUT2D eigenvalue weighted by molar-refractivity contribution is -0.0588. The van der Waals surface area contributed by atoms with Crippen molar-refractivity contribution >= 4 is 5.91 Å². The molecule has 150 valence electrons. The summed E-state index contributed by atoms with van der Waals surface area (Å²) >= 11 is 0. The Hall–Kier alpha value is -3.19. The quantitative estimate of drug-likeness (QED) is 0.682. The number of benzene rings is 2. The van der Waals surface area contributed by atoms with Gasteiger partial charge in [0.1, 0.15) is 5.75 Å². The molecule has 4 rings (SSSR count). The molecule has 0 saturated carbocycles. The van der Waals surface area contributed by atoms with Crippen LogP contribution in [-0.2, 0) is 4.74 Å². The maximum atomic E-state index is 13.1. The van der Waals surface area contributed by atoms with Gasteiger partial charge in [-0.1, -0.05) is 30.3 Å². The Morgan fingerprint density at radius 3 is 2.31 bits per heavy atom. The van der Waals surface area contributed by atoms with Crippen LogP contribution < -0.4 is 4.74 Å². The summed E-state index contributed by atoms with van der Waals surface area (Å²) in [4.78, 5) is 19.5. The highest BCUT2D eigenvalue weighted by atomic mass is 16.5. The van der Waals surface area contributed by atoms with E-state index in [0.29, 0.717) is 18.9 Å². The number of morpholine rings is 1. The Labute approximate surface area is 169 Å². The van der Waals surface area contributed by atoms with Crippen LogP contribution in [0.2, 0.25) is 0 Å². The smallest absolute Gasteiger partial charge is 0.293 e. The van der Waals surface area contributed by atoms with Gasteiger partial charge in [-0.2, -0.15) is 0 Å². The van der Waals surface area contributed by atoms with E-state index in [2.05, 4.69) is 10.1 Å². The summed E-state index contributed by atoms with van der Waals surface area (Å²) in [5.41, 5.74) is 1.69. The van der Waals surface area contributed by atoms with Crippen molar-refractivity contribution in [2.75, 3.05) is 20.2 Å². The monoisotopic (exact) mass is 392 g/mol. The summed E-state index contributed by atoms with van der Waals surface area (Å²) in [6, 6.07) is 17.2. The van der Waals surface area contributed by atoms with E-state index >= 15 is 0 Å². The Morgan fingerprint density at radius 1 is 1.03 bits per heavy atom. The summed E-state index contributed by atoms with van der Waals surface area (Å²) in [6.07, 6.45) is -0.0278. The first-order chi connectivity index (χ1) is 14.0. The van der Waals surface area contributed by atoms with Crippen LogP contribution >= 0.6 is 0 Å². The van der Waals surface area contributed by atoms with Crippen molar-refractivity contribution < 1.29 is 14.3 Å². The van der Waals surface area contributed by atoms with Gasteiger partial charge in [0.25, 0.3) is 5.91 Å². The predicted octanol–water partition coefficient (Wildman–Crippen LogP) is 3.19. The lowest BCUT2D eigenvalue weighted by Crippen LogP contribution is -2.48. The van der Waals surface area contributed by atoms with Gasteiger partial charge in [-0.25, -0.2) is 9.67 Å². The van der Waals surface area contributed by atoms with E-state index in [1.165, 1.54) is 0 Å². The fourth-order valence-corrected chi connectivity index (χ4v) is 3.57. The van der Waals surface area contributed by atoms with Crippen molar-refractivity contribution in [3.63, 3.8) is 0 Å². The molecular weight excluding hydrogens is 368 g/mol. The van der Waals surface area contributed by atoms with E-state index in [4.69, 9.17) is 9.47 Å². The fraction of sp³-hybridized carbons (Fsp3) is 0.318. The van der Waals surface area contributed by atoms with E-state index < -0.39 is 0 Å². The number of amides is 1. The molecule has 3 aromatic rings. The molecule has 2 heterocycles. The van der Waals surface area contributed by atoms with Crippen molar-refractivity contribution in [3.05, 3.63) is 60.4 Å². The van der Waals surface area contributed by atoms with Crippen LogP contribution in [0, 0.1) is 0 Å². The number of nitrogens with zero attached hydrogens (tertiary/aromatic N) is 4. The second kappa shape index (κ2) is 8.05. The second-order valence-electron chi connectivity index (χ2n) is 7.20. The largest absolute Gasteiger partial charge is 0.497 e. The lowest BCUT2D eigenvalue weighted by atomic mass is 10.2. The zero-order valence-corrected chi connectivity index (χ0v) is 16.8. The number of methoxy groups -OCH3 is 1. The maximum absolute atomic E-state index is 13.1. The van der Waals surface area contributed by atoms with Crippen LogP contribution in [0.1, 0.15) is 24.5 Å². The fourth-order valence-electron chi connectivity index (χ4n) is 3.57. The predicted molar refractivity (Wildman–Crippen MR) is 109 cm³/mol. The summed E-state index contributed by atoms with van der Waals surface area (Å²) in [6.45, 7) is 4.99. The Morgan fingerprint density at radius 2 is 1.69 bits per heavy atom. The van der Waals surface area contributed by atoms with Gasteiger partial charge in [-0.3, -0.25) is 4.79 Å². The molecule has 2 unspecified atom stereocenters. The molecule has 7 nitrogen and oxygen atoms in total. The van der Waals surface area contributed by atoms with Gasteiger partial charge in [0.05, 0.1) is 25.0 Å². The van der Waals surface area contributed by atoms with Crippen LogP contribution in [0.25, 0.3) is 17.1 Å². The molecule has 1 amide bonds. The number of aromatic nitrogens is 3. The maximum Gasteiger partial charge on any atom is 0.293 e. The first-order valence-corrected chi connectivity index (χ1v) is 9.67. The number of rotatable bonds is 4. The molecule has 0 bridgehead atoms. The molecule has 1 fully saturated rings. The number of hydrogen-bond acceptors (Lipinski definition) is 5. The Kier molecular flexibility index (Phi) is 5.31. The Bertz CT molecular complexity index is 975. The highest BCUT2D eigenvalue weighted by molar-refractivity contribution is 5.91. The van der Waals surface area contributed by atoms with Crippen molar-refractivity contribution in [1.29, 1.82) is 0 Å². The summed E-state index contributed by atoms with van der Waals surface area (Å²) in [5, 5.41) is 4.57. The van der Waals surface area contributed by atoms with E-state index in [1.807, 2.05) is 68.4 Å². The molecule has 29 heavy (non-hydrogen) atoms. The first kappa shape index (κ1) is 19.1. The lowest BCUT2D eigenvalue weighted by Gasteiger charge is -2.34. The molecule has 2 atom stereocenters. The average molecular weight is 392 g/mol. The van der Waals surface area contributed by atoms with Crippen LogP contribution in [0.4, 0.5) is 0 Å². The number of hydrogen-bond donors (Lipinski definition) is 0. The van der Waals surface area contributed by atoms with Gasteiger partial charge in [0.2, 0.25) is 5.82 Å². The van der Waals surface area contributed by atoms with Crippen molar-refractivity contribution in [3.8, 4) is 22.8 Å². The van der Waals surface area contributed by atoms with E-state index in [1.54, 1.807) is 16.7 Å². The van der Waals surface area contributed by atoms with Gasteiger partial charge in [0, 0.05) is 18.7 Å². The van der Waals surface area contributed by atoms with E-state index in [0.717, 1.165) is 17.0 Å². The zero-order chi connectivity index (χ0) is 20.4. The molecular formula is C22H24N4O3. The van der Waals surface area contributed by atoms with Gasteiger partial charge in [0.15, 0.2) is 5.82 Å². The standard InChI is InChI=1S/C22H24N4O3/c1-15-13-25(14-16(2)29-15)22(27)20-23-21(17-7-5-4-6-8-17)26(24-20)18-9-11-19(28-3)12-10-18/h4-12,15-16H,13-14H2,1-3H3. The third-order valence-corrected chi connectivity index (χ3v) is 4.85. The molecule has 1 aliphatic rings. The molecule has 1 aromatic heterocycles. The van der Waals surface area contributed by atoms with Gasteiger partial charge < -0.3 is 14.4 Å². The number of carbonyl (C=O) groups is 1. The molecule has 0 aliphatic carbocycles. The number of ether oxygens (including phenoxy) is 2. The summed E-state index contributed by atoms with van der Waals surface area (Å²) < 4.78 is 12.7. The molecule has 0 radical (unpaired) electrons. The van der Waals surface area contributed by atoms with Crippen LogP contribution in [-0.4, -0.2) is 58.0 Å². The van der Waals surface area contributed by atoms with Crippen LogP contribution in [0.15, 0.2) is 54.6 Å². The topological polar surface area (TPSA) is 69.5 Å². The van der Waals surface area contributed by atoms with Gasteiger partial charge >= 0.3 is 0 Å². The minimum atomic E-state index is -0.184. The summed E-state index contributed by atoms with van der Waals surface area (Å²) in [7, 11) is 1.63. The Balaban J connectivity index is 1.74. The first-order valence-electron chi connectivity index (χ1n) is 9.67. The second-order valence-corrected chi connectivity index (χ2v) is 7.20. The van der Waals surface area contributed by atoms with E-state index in [9.17, 15) is 4.79 Å². The van der Waals surface area contributed by atoms with Crippen molar-refractivity contribution in [2.45, 2.75) is 26.1 Å². The highest BCUT2D eigenvalue weighted by Gasteiger charge is 2.29. The minimum absolute atomic E-state index is 0.0139. The van der Waals surface area contributed by atoms with Crippen LogP contribution in [0.5, 0.6) is 5.75 Å². The number of carbonyl (C=O) groups excluding carboxylic acids is 1. The highest BCUT2D eigenvalue weighted by Crippen LogP contribution is 2.23. The summed E-state index contributed by atoms with van der Waals surface area (Å²) in [5.74, 6) is 1.37. The third kappa shape index (κ3) is 4.00. The van der Waals surface area contributed by atoms with Crippen LogP contribution in [0.3, 0.4) is 0 Å². The zero-order valence-electron chi connectivity index (χ0n) is 16.8. The minimum Gasteiger partial charge on any atom is -0.497 e. The molecule has 0 spiro atoms. The molecule has 1 aliphatic heterocycles. The SMILES string of the molecule is COc1ccc(-n2nc(C(=O)N3CC(C)OC(C)C3)nc2-c2ccccc2)cc1. The van der Waals surface area contributed by atoms with Crippen molar-refractivity contribution in [2.24, 2.45) is 0 Å². The van der Waals surface area contributed by atoms with Crippen molar-refractivity contribution in [1.82, 2.24) is 19.7 Å². The average Bonchev–Trinajstić information content (AvgIpc) is 3.18. The molecule has 1 saturated heterocycles. The van der Waals surface area contributed by atoms with E-state index in [-0.39, 0.29) is 23.9 Å². The molecule has 2 aromatic carbocycles. The van der Waals surface area contributed by atoms with Gasteiger partial charge in [-0.15, -0.1) is 5.10 Å². The van der Waals surface area contributed by atoms with Gasteiger partial charge in [-0.05, 0) is 38.1 Å². The molecule has 0 N–H and O–H groups in total. The normalized spacial score (nSPS) is 19.2.